The van der Waals surface area contributed by atoms with Gasteiger partial charge in [0.1, 0.15) is 12.4 Å². The summed E-state index contributed by atoms with van der Waals surface area (Å²) in [5.41, 5.74) is 4.21. The van der Waals surface area contributed by atoms with Crippen LogP contribution in [0.2, 0.25) is 0 Å². The van der Waals surface area contributed by atoms with Crippen LogP contribution in [0.1, 0.15) is 49.4 Å². The molecule has 0 spiro atoms. The Morgan fingerprint density at radius 1 is 1.23 bits per heavy atom. The van der Waals surface area contributed by atoms with Gasteiger partial charge in [-0.15, -0.1) is 11.8 Å². The number of thioether (sulfide) groups is 1. The number of nitriles is 1. The van der Waals surface area contributed by atoms with Gasteiger partial charge in [0, 0.05) is 54.8 Å². The summed E-state index contributed by atoms with van der Waals surface area (Å²) in [7, 11) is 2.23. The van der Waals surface area contributed by atoms with E-state index in [1.54, 1.807) is 0 Å². The van der Waals surface area contributed by atoms with Crippen molar-refractivity contribution in [2.75, 3.05) is 49.6 Å². The number of rotatable bonds is 9. The predicted octanol–water partition coefficient (Wildman–Crippen LogP) is 5.00. The molecule has 4 aliphatic rings. The first-order chi connectivity index (χ1) is 22.7. The molecule has 1 aliphatic carbocycles. The molecule has 10 nitrogen and oxygen atoms in total. The van der Waals surface area contributed by atoms with Crippen molar-refractivity contribution in [2.45, 2.75) is 74.7 Å². The molecule has 0 N–H and O–H groups in total. The first kappa shape index (κ1) is 31.6. The number of carbonyl (C=O) groups excluding carboxylic acids is 1. The lowest BCUT2D eigenvalue weighted by atomic mass is 9.90. The minimum absolute atomic E-state index is 0.0476. The molecule has 246 valence electrons. The lowest BCUT2D eigenvalue weighted by Crippen LogP contribution is -2.55. The van der Waals surface area contributed by atoms with Crippen LogP contribution in [0.4, 0.5) is 15.9 Å². The topological polar surface area (TPSA) is 102 Å². The fourth-order valence-electron chi connectivity index (χ4n) is 7.35. The fourth-order valence-corrected chi connectivity index (χ4v) is 8.54. The number of hydrogen-bond acceptors (Lipinski definition) is 10. The molecule has 47 heavy (non-hydrogen) atoms. The van der Waals surface area contributed by atoms with Gasteiger partial charge in [0.15, 0.2) is 5.83 Å². The number of piperazine rings is 1. The third kappa shape index (κ3) is 5.89. The molecule has 1 amide bonds. The molecule has 1 aromatic carbocycles. The summed E-state index contributed by atoms with van der Waals surface area (Å²) >= 11 is 1.93. The normalized spacial score (nSPS) is 24.1. The van der Waals surface area contributed by atoms with Gasteiger partial charge in [0.25, 0.3) is 5.91 Å². The second-order valence-electron chi connectivity index (χ2n) is 13.3. The van der Waals surface area contributed by atoms with Gasteiger partial charge in [-0.1, -0.05) is 31.2 Å². The number of benzene rings is 1. The predicted molar refractivity (Wildman–Crippen MR) is 182 cm³/mol. The number of amides is 1. The van der Waals surface area contributed by atoms with E-state index in [-0.39, 0.29) is 17.8 Å². The molecule has 2 saturated heterocycles. The van der Waals surface area contributed by atoms with Crippen LogP contribution in [0.25, 0.3) is 10.8 Å². The molecule has 2 aromatic heterocycles. The summed E-state index contributed by atoms with van der Waals surface area (Å²) in [6.45, 7) is 10.5. The average molecular weight is 657 g/mol. The number of fused-ring (bicyclic) bond motifs is 2. The Morgan fingerprint density at radius 2 is 2.06 bits per heavy atom. The Labute approximate surface area is 279 Å². The second-order valence-corrected chi connectivity index (χ2v) is 14.9. The van der Waals surface area contributed by atoms with Crippen LogP contribution in [0.5, 0.6) is 6.01 Å². The third-order valence-electron chi connectivity index (χ3n) is 10.5. The van der Waals surface area contributed by atoms with Crippen LogP contribution in [-0.4, -0.2) is 92.7 Å². The summed E-state index contributed by atoms with van der Waals surface area (Å²) in [4.78, 5) is 35.5. The van der Waals surface area contributed by atoms with Crippen molar-refractivity contribution >= 4 is 39.9 Å². The zero-order valence-corrected chi connectivity index (χ0v) is 28.1. The minimum atomic E-state index is -1.01. The Morgan fingerprint density at radius 3 is 2.81 bits per heavy atom. The van der Waals surface area contributed by atoms with E-state index in [4.69, 9.17) is 14.7 Å². The van der Waals surface area contributed by atoms with Gasteiger partial charge < -0.3 is 19.4 Å². The molecule has 1 unspecified atom stereocenters. The molecule has 5 heterocycles. The SMILES string of the molecule is C=C(F)C(=O)N1CCN(c2nc(OCC3S[C@]3(C)N(C)C3CCC3)nc3c2CCN(c2cncc4cccc(C)c24)C3)C[C@@H]1CC#N. The quantitative estimate of drug-likeness (QED) is 0.231. The number of pyridine rings is 1. The van der Waals surface area contributed by atoms with E-state index in [1.807, 2.05) is 24.2 Å². The summed E-state index contributed by atoms with van der Waals surface area (Å²) < 4.78 is 20.3. The number of hydrogen-bond donors (Lipinski definition) is 0. The molecule has 3 aromatic rings. The van der Waals surface area contributed by atoms with Gasteiger partial charge in [-0.3, -0.25) is 14.7 Å². The minimum Gasteiger partial charge on any atom is -0.462 e. The number of ether oxygens (including phenoxy) is 1. The maximum Gasteiger partial charge on any atom is 0.318 e. The lowest BCUT2D eigenvalue weighted by Gasteiger charge is -2.42. The van der Waals surface area contributed by atoms with Crippen molar-refractivity contribution in [1.82, 2.24) is 24.8 Å². The Balaban J connectivity index is 1.19. The highest BCUT2D eigenvalue weighted by atomic mass is 32.2. The molecule has 1 saturated carbocycles. The first-order valence-electron chi connectivity index (χ1n) is 16.5. The summed E-state index contributed by atoms with van der Waals surface area (Å²) in [6, 6.07) is 8.94. The smallest absolute Gasteiger partial charge is 0.318 e. The van der Waals surface area contributed by atoms with Crippen LogP contribution >= 0.6 is 11.8 Å². The number of nitrogens with zero attached hydrogens (tertiary/aromatic N) is 8. The second kappa shape index (κ2) is 12.6. The maximum atomic E-state index is 13.9. The van der Waals surface area contributed by atoms with Gasteiger partial charge in [-0.2, -0.15) is 15.2 Å². The molecular weight excluding hydrogens is 616 g/mol. The number of aromatic nitrogens is 3. The number of anilines is 2. The highest BCUT2D eigenvalue weighted by Gasteiger charge is 2.57. The van der Waals surface area contributed by atoms with Crippen LogP contribution in [-0.2, 0) is 17.8 Å². The van der Waals surface area contributed by atoms with Crippen molar-refractivity contribution in [3.63, 3.8) is 0 Å². The molecule has 12 heteroatoms. The van der Waals surface area contributed by atoms with Gasteiger partial charge in [0.05, 0.1) is 52.8 Å². The van der Waals surface area contributed by atoms with Gasteiger partial charge in [-0.25, -0.2) is 4.39 Å². The first-order valence-corrected chi connectivity index (χ1v) is 17.3. The molecule has 3 atom stereocenters. The zero-order valence-electron chi connectivity index (χ0n) is 27.3. The molecule has 3 fully saturated rings. The molecule has 0 bridgehead atoms. The van der Waals surface area contributed by atoms with Crippen molar-refractivity contribution < 1.29 is 13.9 Å². The summed E-state index contributed by atoms with van der Waals surface area (Å²) in [5, 5.41) is 12.2. The van der Waals surface area contributed by atoms with Crippen molar-refractivity contribution in [2.24, 2.45) is 0 Å². The Bertz CT molecular complexity index is 1760. The van der Waals surface area contributed by atoms with Crippen molar-refractivity contribution in [3.05, 3.63) is 59.8 Å². The van der Waals surface area contributed by atoms with E-state index < -0.39 is 17.8 Å². The largest absolute Gasteiger partial charge is 0.462 e. The third-order valence-corrected chi connectivity index (χ3v) is 12.2. The molecular formula is C35H41FN8O2S. The number of halogens is 1. The Kier molecular flexibility index (Phi) is 8.47. The fraction of sp³-hybridized carbons (Fsp3) is 0.514. The van der Waals surface area contributed by atoms with E-state index in [2.05, 4.69) is 71.4 Å². The molecule has 0 radical (unpaired) electrons. The zero-order chi connectivity index (χ0) is 32.9. The number of carbonyl (C=O) groups is 1. The van der Waals surface area contributed by atoms with E-state index in [1.165, 1.54) is 35.1 Å². The maximum absolute atomic E-state index is 13.9. The van der Waals surface area contributed by atoms with Gasteiger partial charge in [0.2, 0.25) is 0 Å². The van der Waals surface area contributed by atoms with Crippen LogP contribution < -0.4 is 14.5 Å². The highest BCUT2D eigenvalue weighted by molar-refractivity contribution is 8.08. The van der Waals surface area contributed by atoms with Crippen LogP contribution in [0.15, 0.2) is 43.0 Å². The van der Waals surface area contributed by atoms with E-state index in [0.29, 0.717) is 50.0 Å². The van der Waals surface area contributed by atoms with Crippen molar-refractivity contribution in [1.29, 1.82) is 5.26 Å². The summed E-state index contributed by atoms with van der Waals surface area (Å²) in [6.07, 6.45) is 8.44. The van der Waals surface area contributed by atoms with Crippen LogP contribution in [0, 0.1) is 18.3 Å². The molecule has 7 rings (SSSR count). The van der Waals surface area contributed by atoms with E-state index in [0.717, 1.165) is 34.7 Å². The highest BCUT2D eigenvalue weighted by Crippen LogP contribution is 2.57. The van der Waals surface area contributed by atoms with Crippen molar-refractivity contribution in [3.8, 4) is 12.1 Å². The number of aryl methyl sites for hydroxylation is 1. The van der Waals surface area contributed by atoms with Gasteiger partial charge >= 0.3 is 6.01 Å². The van der Waals surface area contributed by atoms with E-state index >= 15 is 0 Å². The standard InChI is InChI=1S/C35H41FN8O2S/c1-22-7-5-8-24-17-38-18-29(31(22)24)42-14-12-27-28(20-42)39-34(46-21-30-35(3,47-30)41(4)25-9-6-10-25)40-32(27)43-15-16-44(33(45)23(2)36)26(19-43)11-13-37/h5,7-8,17-18,25-26,30H,2,6,9-12,14-16,19-21H2,1,3-4H3/t26-,30?,35-/m0/s1. The van der Waals surface area contributed by atoms with E-state index in [9.17, 15) is 14.4 Å². The average Bonchev–Trinajstić information content (AvgIpc) is 3.72. The van der Waals surface area contributed by atoms with Crippen LogP contribution in [0.3, 0.4) is 0 Å². The summed E-state index contributed by atoms with van der Waals surface area (Å²) in [5.74, 6) is -1.00. The Hall–Kier alpha value is -3.95. The monoisotopic (exact) mass is 656 g/mol. The lowest BCUT2D eigenvalue weighted by molar-refractivity contribution is -0.131. The molecule has 3 aliphatic heterocycles. The van der Waals surface area contributed by atoms with Gasteiger partial charge in [-0.05, 0) is 45.7 Å².